The molecular formula is C22H17NO4. The lowest BCUT2D eigenvalue weighted by Gasteiger charge is -2.18. The van der Waals surface area contributed by atoms with Crippen molar-refractivity contribution in [2.45, 2.75) is 12.8 Å². The third kappa shape index (κ3) is 2.63. The molecule has 2 heterocycles. The van der Waals surface area contributed by atoms with Crippen LogP contribution in [0.5, 0.6) is 11.5 Å². The minimum absolute atomic E-state index is 0.376. The number of carboxylic acid groups (broad SMARTS) is 1. The number of ether oxygens (including phenoxy) is 2. The molecule has 2 aromatic carbocycles. The lowest BCUT2D eigenvalue weighted by atomic mass is 10.0. The van der Waals surface area contributed by atoms with Gasteiger partial charge in [0.2, 0.25) is 0 Å². The Labute approximate surface area is 155 Å². The van der Waals surface area contributed by atoms with Crippen molar-refractivity contribution in [3.05, 3.63) is 64.8 Å². The Hall–Kier alpha value is -3.34. The molecule has 0 saturated heterocycles. The Balaban J connectivity index is 1.64. The van der Waals surface area contributed by atoms with E-state index >= 15 is 0 Å². The van der Waals surface area contributed by atoms with Gasteiger partial charge in [0.15, 0.2) is 11.5 Å². The first-order chi connectivity index (χ1) is 13.2. The number of hydrogen-bond donors (Lipinski definition) is 1. The van der Waals surface area contributed by atoms with Gasteiger partial charge >= 0.3 is 5.97 Å². The van der Waals surface area contributed by atoms with E-state index in [1.807, 2.05) is 42.5 Å². The fourth-order valence-electron chi connectivity index (χ4n) is 3.87. The zero-order chi connectivity index (χ0) is 18.4. The van der Waals surface area contributed by atoms with E-state index in [1.54, 1.807) is 0 Å². The van der Waals surface area contributed by atoms with E-state index < -0.39 is 5.97 Å². The minimum atomic E-state index is -0.898. The van der Waals surface area contributed by atoms with Crippen molar-refractivity contribution >= 4 is 28.5 Å². The summed E-state index contributed by atoms with van der Waals surface area (Å²) in [6, 6.07) is 13.3. The van der Waals surface area contributed by atoms with Gasteiger partial charge in [0.1, 0.15) is 13.2 Å². The van der Waals surface area contributed by atoms with Crippen LogP contribution in [0.15, 0.2) is 42.5 Å². The molecule has 2 aliphatic rings. The third-order valence-corrected chi connectivity index (χ3v) is 5.06. The summed E-state index contributed by atoms with van der Waals surface area (Å²) >= 11 is 0. The molecule has 1 N–H and O–H groups in total. The second-order valence-electron chi connectivity index (χ2n) is 6.71. The lowest BCUT2D eigenvalue weighted by Crippen LogP contribution is -2.15. The van der Waals surface area contributed by atoms with E-state index in [0.29, 0.717) is 36.1 Å². The highest BCUT2D eigenvalue weighted by atomic mass is 16.6. The maximum absolute atomic E-state index is 11.9. The molecule has 27 heavy (non-hydrogen) atoms. The summed E-state index contributed by atoms with van der Waals surface area (Å²) in [6.07, 6.45) is 3.52. The van der Waals surface area contributed by atoms with Gasteiger partial charge in [-0.15, -0.1) is 0 Å². The van der Waals surface area contributed by atoms with Crippen molar-refractivity contribution in [2.24, 2.45) is 0 Å². The number of aromatic carboxylic acids is 1. The summed E-state index contributed by atoms with van der Waals surface area (Å²) in [7, 11) is 0. The molecule has 0 unspecified atom stereocenters. The zero-order valence-electron chi connectivity index (χ0n) is 14.6. The fraction of sp³-hybridized carbons (Fsp3) is 0.182. The molecule has 0 amide bonds. The van der Waals surface area contributed by atoms with Crippen molar-refractivity contribution in [3.8, 4) is 11.5 Å². The topological polar surface area (TPSA) is 68.7 Å². The first kappa shape index (κ1) is 15.9. The molecule has 5 heteroatoms. The van der Waals surface area contributed by atoms with E-state index in [2.05, 4.69) is 6.08 Å². The highest BCUT2D eigenvalue weighted by Crippen LogP contribution is 2.38. The first-order valence-electron chi connectivity index (χ1n) is 8.96. The zero-order valence-corrected chi connectivity index (χ0v) is 14.6. The van der Waals surface area contributed by atoms with Crippen LogP contribution in [0.1, 0.15) is 33.6 Å². The summed E-state index contributed by atoms with van der Waals surface area (Å²) < 4.78 is 11.2. The Morgan fingerprint density at radius 2 is 1.85 bits per heavy atom. The predicted octanol–water partition coefficient (Wildman–Crippen LogP) is 4.19. The van der Waals surface area contributed by atoms with Crippen LogP contribution in [0.3, 0.4) is 0 Å². The monoisotopic (exact) mass is 359 g/mol. The van der Waals surface area contributed by atoms with Crippen LogP contribution < -0.4 is 9.47 Å². The quantitative estimate of drug-likeness (QED) is 0.743. The average Bonchev–Trinajstić information content (AvgIpc) is 3.08. The van der Waals surface area contributed by atoms with Gasteiger partial charge in [0.25, 0.3) is 0 Å². The molecule has 5 nitrogen and oxygen atoms in total. The molecule has 5 rings (SSSR count). The van der Waals surface area contributed by atoms with Gasteiger partial charge < -0.3 is 14.6 Å². The van der Waals surface area contributed by atoms with E-state index in [-0.39, 0.29) is 0 Å². The largest absolute Gasteiger partial charge is 0.486 e. The van der Waals surface area contributed by atoms with E-state index in [0.717, 1.165) is 40.3 Å². The Bertz CT molecular complexity index is 1120. The van der Waals surface area contributed by atoms with Crippen molar-refractivity contribution in [3.63, 3.8) is 0 Å². The molecular weight excluding hydrogens is 342 g/mol. The van der Waals surface area contributed by atoms with Gasteiger partial charge in [-0.3, -0.25) is 0 Å². The number of para-hydroxylation sites is 1. The maximum Gasteiger partial charge on any atom is 0.336 e. The molecule has 3 aromatic rings. The summed E-state index contributed by atoms with van der Waals surface area (Å²) in [5.41, 5.74) is 4.75. The SMILES string of the molecule is O=C(O)c1c2c(nc3ccccc13)/C(=C\c1ccc3c(c1)OCCO3)CC2. The van der Waals surface area contributed by atoms with Crippen LogP contribution >= 0.6 is 0 Å². The molecule has 0 atom stereocenters. The second-order valence-corrected chi connectivity index (χ2v) is 6.71. The molecule has 134 valence electrons. The molecule has 0 spiro atoms. The minimum Gasteiger partial charge on any atom is -0.486 e. The summed E-state index contributed by atoms with van der Waals surface area (Å²) in [5.74, 6) is 0.601. The van der Waals surface area contributed by atoms with Gasteiger partial charge in [0.05, 0.1) is 16.8 Å². The van der Waals surface area contributed by atoms with Gasteiger partial charge in [0, 0.05) is 5.39 Å². The summed E-state index contributed by atoms with van der Waals surface area (Å²) in [4.78, 5) is 16.7. The molecule has 0 radical (unpaired) electrons. The smallest absolute Gasteiger partial charge is 0.336 e. The summed E-state index contributed by atoms with van der Waals surface area (Å²) in [6.45, 7) is 1.11. The van der Waals surface area contributed by atoms with Crippen molar-refractivity contribution < 1.29 is 19.4 Å². The molecule has 1 aliphatic heterocycles. The third-order valence-electron chi connectivity index (χ3n) is 5.06. The highest BCUT2D eigenvalue weighted by molar-refractivity contribution is 6.06. The predicted molar refractivity (Wildman–Crippen MR) is 102 cm³/mol. The molecule has 1 aliphatic carbocycles. The van der Waals surface area contributed by atoms with Crippen LogP contribution in [0.4, 0.5) is 0 Å². The van der Waals surface area contributed by atoms with E-state index in [4.69, 9.17) is 14.5 Å². The van der Waals surface area contributed by atoms with Crippen LogP contribution in [0, 0.1) is 0 Å². The number of rotatable bonds is 2. The van der Waals surface area contributed by atoms with Crippen LogP contribution in [0.2, 0.25) is 0 Å². The lowest BCUT2D eigenvalue weighted by molar-refractivity contribution is 0.0698. The number of carboxylic acids is 1. The summed E-state index contributed by atoms with van der Waals surface area (Å²) in [5, 5.41) is 10.5. The van der Waals surface area contributed by atoms with Crippen LogP contribution in [-0.2, 0) is 6.42 Å². The van der Waals surface area contributed by atoms with Gasteiger partial charge in [-0.1, -0.05) is 24.3 Å². The van der Waals surface area contributed by atoms with E-state index in [9.17, 15) is 9.90 Å². The van der Waals surface area contributed by atoms with Crippen LogP contribution in [-0.4, -0.2) is 29.3 Å². The average molecular weight is 359 g/mol. The second kappa shape index (κ2) is 6.13. The Morgan fingerprint density at radius 3 is 2.70 bits per heavy atom. The van der Waals surface area contributed by atoms with Crippen molar-refractivity contribution in [2.75, 3.05) is 13.2 Å². The number of allylic oxidation sites excluding steroid dienone is 1. The van der Waals surface area contributed by atoms with Gasteiger partial charge in [-0.05, 0) is 53.8 Å². The normalized spacial score (nSPS) is 16.5. The Morgan fingerprint density at radius 1 is 1.04 bits per heavy atom. The number of benzene rings is 2. The number of nitrogens with zero attached hydrogens (tertiary/aromatic N) is 1. The van der Waals surface area contributed by atoms with Crippen LogP contribution in [0.25, 0.3) is 22.6 Å². The van der Waals surface area contributed by atoms with E-state index in [1.165, 1.54) is 0 Å². The number of aromatic nitrogens is 1. The standard InChI is InChI=1S/C22H17NO4/c24-22(25)20-15-3-1-2-4-17(15)23-21-14(6-7-16(20)21)11-13-5-8-18-19(12-13)27-10-9-26-18/h1-5,8,11-12H,6-7,9-10H2,(H,24,25)/b14-11-. The molecule has 0 saturated carbocycles. The number of pyridine rings is 1. The number of fused-ring (bicyclic) bond motifs is 3. The number of carbonyl (C=O) groups is 1. The first-order valence-corrected chi connectivity index (χ1v) is 8.96. The van der Waals surface area contributed by atoms with Gasteiger partial charge in [-0.25, -0.2) is 9.78 Å². The Kier molecular flexibility index (Phi) is 3.60. The van der Waals surface area contributed by atoms with Gasteiger partial charge in [-0.2, -0.15) is 0 Å². The molecule has 0 bridgehead atoms. The molecule has 0 fully saturated rings. The highest BCUT2D eigenvalue weighted by Gasteiger charge is 2.26. The van der Waals surface area contributed by atoms with Crippen molar-refractivity contribution in [1.82, 2.24) is 4.98 Å². The fourth-order valence-corrected chi connectivity index (χ4v) is 3.87. The molecule has 1 aromatic heterocycles. The maximum atomic E-state index is 11.9. The number of hydrogen-bond acceptors (Lipinski definition) is 4. The van der Waals surface area contributed by atoms with Crippen molar-refractivity contribution in [1.29, 1.82) is 0 Å².